The molecule has 3 aliphatic rings. The minimum absolute atomic E-state index is 0.0118. The number of hydrogen-bond acceptors (Lipinski definition) is 3. The van der Waals surface area contributed by atoms with Crippen molar-refractivity contribution in [2.45, 2.75) is 41.0 Å². The number of allylic oxidation sites excluding steroid dienone is 6. The molecule has 3 nitrogen and oxygen atoms in total. The summed E-state index contributed by atoms with van der Waals surface area (Å²) in [5.74, 6) is 0.777. The molecular formula is C21H28O3. The number of carbonyl (C=O) groups excluding carboxylic acids is 2. The number of carbonyl (C=O) groups is 2. The van der Waals surface area contributed by atoms with Gasteiger partial charge in [-0.15, -0.1) is 0 Å². The van der Waals surface area contributed by atoms with Gasteiger partial charge in [0.2, 0.25) is 5.78 Å². The minimum Gasteiger partial charge on any atom is -0.493 e. The van der Waals surface area contributed by atoms with Gasteiger partial charge < -0.3 is 4.74 Å². The van der Waals surface area contributed by atoms with Crippen LogP contribution in [0, 0.1) is 35.0 Å². The third-order valence-electron chi connectivity index (χ3n) is 6.39. The molecular weight excluding hydrogens is 300 g/mol. The molecule has 0 radical (unpaired) electrons. The molecule has 0 aromatic carbocycles. The molecule has 0 unspecified atom stereocenters. The molecule has 1 saturated carbocycles. The molecule has 3 rings (SSSR count). The predicted molar refractivity (Wildman–Crippen MR) is 94.1 cm³/mol. The van der Waals surface area contributed by atoms with Gasteiger partial charge in [0.05, 0.1) is 12.5 Å². The first-order valence-electron chi connectivity index (χ1n) is 8.94. The lowest BCUT2D eigenvalue weighted by molar-refractivity contribution is -0.147. The van der Waals surface area contributed by atoms with Crippen molar-refractivity contribution < 1.29 is 14.3 Å². The highest BCUT2D eigenvalue weighted by atomic mass is 16.5. The first-order valence-corrected chi connectivity index (χ1v) is 8.94. The highest BCUT2D eigenvalue weighted by Crippen LogP contribution is 2.63. The minimum atomic E-state index is -0.631. The second-order valence-corrected chi connectivity index (χ2v) is 8.10. The zero-order chi connectivity index (χ0) is 17.8. The van der Waals surface area contributed by atoms with E-state index in [9.17, 15) is 9.59 Å². The zero-order valence-electron chi connectivity index (χ0n) is 15.6. The Bertz CT molecular complexity index is 677. The van der Waals surface area contributed by atoms with E-state index in [0.717, 1.165) is 6.42 Å². The number of methoxy groups -OCH3 is 1. The maximum Gasteiger partial charge on any atom is 0.202 e. The van der Waals surface area contributed by atoms with E-state index >= 15 is 0 Å². The molecule has 0 N–H and O–H groups in total. The Morgan fingerprint density at radius 2 is 1.92 bits per heavy atom. The van der Waals surface area contributed by atoms with Crippen molar-refractivity contribution in [1.29, 1.82) is 0 Å². The lowest BCUT2D eigenvalue weighted by atomic mass is 9.50. The van der Waals surface area contributed by atoms with Gasteiger partial charge in [-0.1, -0.05) is 37.6 Å². The van der Waals surface area contributed by atoms with Crippen LogP contribution in [0.2, 0.25) is 0 Å². The molecule has 24 heavy (non-hydrogen) atoms. The molecule has 6 atom stereocenters. The molecule has 0 aromatic heterocycles. The molecule has 1 fully saturated rings. The molecule has 0 bridgehead atoms. The Hall–Kier alpha value is -1.64. The summed E-state index contributed by atoms with van der Waals surface area (Å²) in [6.45, 7) is 10.2. The van der Waals surface area contributed by atoms with Crippen molar-refractivity contribution in [2.24, 2.45) is 35.0 Å². The largest absolute Gasteiger partial charge is 0.493 e. The molecule has 0 aliphatic heterocycles. The average molecular weight is 328 g/mol. The first-order chi connectivity index (χ1) is 11.3. The van der Waals surface area contributed by atoms with Crippen molar-refractivity contribution in [3.8, 4) is 0 Å². The van der Waals surface area contributed by atoms with Crippen LogP contribution < -0.4 is 0 Å². The number of Topliss-reactive ketones (excluding diaryl/α,β-unsaturated/α-hetero) is 2. The lowest BCUT2D eigenvalue weighted by Gasteiger charge is -2.50. The fourth-order valence-corrected chi connectivity index (χ4v) is 5.62. The summed E-state index contributed by atoms with van der Waals surface area (Å²) >= 11 is 0. The Balaban J connectivity index is 2.30. The van der Waals surface area contributed by atoms with Crippen LogP contribution in [0.4, 0.5) is 0 Å². The Labute approximate surface area is 144 Å². The van der Waals surface area contributed by atoms with Gasteiger partial charge in [0.25, 0.3) is 0 Å². The SMILES string of the molecule is COC1=C(C)C(=O)[C@]23[C@H](C1=O)[C@H](C)C=C[C@H]2[C@H](C)C[C@@H]3C=C(C)C. The molecule has 1 spiro atoms. The van der Waals surface area contributed by atoms with E-state index in [1.54, 1.807) is 6.92 Å². The fraction of sp³-hybridized carbons (Fsp3) is 0.619. The molecule has 3 heteroatoms. The molecule has 130 valence electrons. The molecule has 3 aliphatic carbocycles. The van der Waals surface area contributed by atoms with E-state index in [2.05, 4.69) is 45.9 Å². The number of hydrogen-bond donors (Lipinski definition) is 0. The topological polar surface area (TPSA) is 43.4 Å². The van der Waals surface area contributed by atoms with Gasteiger partial charge >= 0.3 is 0 Å². The molecule has 0 aromatic rings. The van der Waals surface area contributed by atoms with Gasteiger partial charge in [-0.2, -0.15) is 0 Å². The van der Waals surface area contributed by atoms with Crippen LogP contribution in [-0.4, -0.2) is 18.7 Å². The van der Waals surface area contributed by atoms with Gasteiger partial charge in [-0.3, -0.25) is 9.59 Å². The number of ketones is 2. The Morgan fingerprint density at radius 1 is 1.25 bits per heavy atom. The third kappa shape index (κ3) is 2.03. The summed E-state index contributed by atoms with van der Waals surface area (Å²) in [6.07, 6.45) is 7.53. The summed E-state index contributed by atoms with van der Waals surface area (Å²) < 4.78 is 5.34. The second kappa shape index (κ2) is 5.72. The monoisotopic (exact) mass is 328 g/mol. The van der Waals surface area contributed by atoms with Crippen molar-refractivity contribution in [1.82, 2.24) is 0 Å². The van der Waals surface area contributed by atoms with Crippen molar-refractivity contribution in [3.05, 3.63) is 35.1 Å². The maximum absolute atomic E-state index is 13.6. The van der Waals surface area contributed by atoms with Gasteiger partial charge in [0, 0.05) is 11.5 Å². The van der Waals surface area contributed by atoms with Crippen molar-refractivity contribution in [2.75, 3.05) is 7.11 Å². The van der Waals surface area contributed by atoms with Crippen molar-refractivity contribution >= 4 is 11.6 Å². The molecule has 0 amide bonds. The van der Waals surface area contributed by atoms with Crippen LogP contribution in [0.15, 0.2) is 35.1 Å². The van der Waals surface area contributed by atoms with E-state index in [-0.39, 0.29) is 41.0 Å². The number of ether oxygens (including phenoxy) is 1. The summed E-state index contributed by atoms with van der Waals surface area (Å²) in [4.78, 5) is 26.9. The fourth-order valence-electron chi connectivity index (χ4n) is 5.62. The number of rotatable bonds is 2. The van der Waals surface area contributed by atoms with Crippen LogP contribution in [0.25, 0.3) is 0 Å². The summed E-state index contributed by atoms with van der Waals surface area (Å²) in [6, 6.07) is 0. The van der Waals surface area contributed by atoms with Crippen LogP contribution in [0.1, 0.15) is 41.0 Å². The van der Waals surface area contributed by atoms with E-state index in [1.165, 1.54) is 12.7 Å². The normalized spacial score (nSPS) is 41.2. The molecule has 0 saturated heterocycles. The van der Waals surface area contributed by atoms with E-state index in [4.69, 9.17) is 4.74 Å². The van der Waals surface area contributed by atoms with Gasteiger partial charge in [-0.25, -0.2) is 0 Å². The van der Waals surface area contributed by atoms with Crippen molar-refractivity contribution in [3.63, 3.8) is 0 Å². The highest BCUT2D eigenvalue weighted by Gasteiger charge is 2.66. The maximum atomic E-state index is 13.6. The van der Waals surface area contributed by atoms with E-state index in [0.29, 0.717) is 11.5 Å². The average Bonchev–Trinajstić information content (AvgIpc) is 2.77. The predicted octanol–water partition coefficient (Wildman–Crippen LogP) is 4.11. The Kier molecular flexibility index (Phi) is 4.09. The van der Waals surface area contributed by atoms with Gasteiger partial charge in [0.15, 0.2) is 11.5 Å². The van der Waals surface area contributed by atoms with E-state index in [1.807, 2.05) is 0 Å². The quantitative estimate of drug-likeness (QED) is 0.717. The lowest BCUT2D eigenvalue weighted by Crippen LogP contribution is -2.56. The van der Waals surface area contributed by atoms with Gasteiger partial charge in [-0.05, 0) is 50.9 Å². The first kappa shape index (κ1) is 17.2. The van der Waals surface area contributed by atoms with Crippen LogP contribution >= 0.6 is 0 Å². The third-order valence-corrected chi connectivity index (χ3v) is 6.39. The summed E-state index contributed by atoms with van der Waals surface area (Å²) in [7, 11) is 1.49. The van der Waals surface area contributed by atoms with Crippen LogP contribution in [-0.2, 0) is 14.3 Å². The Morgan fingerprint density at radius 3 is 2.50 bits per heavy atom. The van der Waals surface area contributed by atoms with Crippen LogP contribution in [0.3, 0.4) is 0 Å². The standard InChI is InChI=1S/C21H28O3/c1-11(2)9-15-10-13(4)16-8-7-12(3)17-18(22)19(24-6)14(5)20(23)21(15,16)17/h7-9,12-13,15-17H,10H2,1-6H3/t12-,13-,15+,16+,17+,21+/m1/s1. The second-order valence-electron chi connectivity index (χ2n) is 8.10. The summed E-state index contributed by atoms with van der Waals surface area (Å²) in [5, 5.41) is 0. The zero-order valence-corrected chi connectivity index (χ0v) is 15.6. The highest BCUT2D eigenvalue weighted by molar-refractivity contribution is 6.15. The smallest absolute Gasteiger partial charge is 0.202 e. The van der Waals surface area contributed by atoms with Gasteiger partial charge in [0.1, 0.15) is 0 Å². The van der Waals surface area contributed by atoms with E-state index < -0.39 is 5.41 Å². The molecule has 0 heterocycles. The van der Waals surface area contributed by atoms with Crippen LogP contribution in [0.5, 0.6) is 0 Å². The summed E-state index contributed by atoms with van der Waals surface area (Å²) in [5.41, 5.74) is 1.09.